The summed E-state index contributed by atoms with van der Waals surface area (Å²) in [5, 5.41) is 0.599. The fraction of sp³-hybridized carbons (Fsp3) is 0.167. The van der Waals surface area contributed by atoms with Gasteiger partial charge in [-0.1, -0.05) is 29.8 Å². The van der Waals surface area contributed by atoms with E-state index in [4.69, 9.17) is 16.3 Å². The van der Waals surface area contributed by atoms with Crippen molar-refractivity contribution in [3.8, 4) is 0 Å². The lowest BCUT2D eigenvalue weighted by atomic mass is 10.1. The van der Waals surface area contributed by atoms with Crippen LogP contribution in [0.25, 0.3) is 0 Å². The molecule has 1 aliphatic rings. The van der Waals surface area contributed by atoms with Crippen LogP contribution in [0.15, 0.2) is 53.5 Å². The largest absolute Gasteiger partial charge is 0.467 e. The van der Waals surface area contributed by atoms with Crippen molar-refractivity contribution in [2.24, 2.45) is 4.99 Å². The van der Waals surface area contributed by atoms with Gasteiger partial charge in [0.05, 0.1) is 18.4 Å². The Hall–Kier alpha value is -2.66. The average Bonchev–Trinajstić information content (AvgIpc) is 2.88. The zero-order chi connectivity index (χ0) is 17.3. The molecule has 6 heteroatoms. The predicted octanol–water partition coefficient (Wildman–Crippen LogP) is 3.44. The van der Waals surface area contributed by atoms with E-state index in [-0.39, 0.29) is 5.91 Å². The van der Waals surface area contributed by atoms with Crippen molar-refractivity contribution in [1.82, 2.24) is 4.90 Å². The number of amidine groups is 1. The minimum atomic E-state index is -0.777. The van der Waals surface area contributed by atoms with Gasteiger partial charge in [-0.3, -0.25) is 9.69 Å². The van der Waals surface area contributed by atoms with Crippen molar-refractivity contribution in [2.75, 3.05) is 7.11 Å². The van der Waals surface area contributed by atoms with E-state index in [2.05, 4.69) is 4.99 Å². The summed E-state index contributed by atoms with van der Waals surface area (Å²) >= 11 is 5.90. The number of aliphatic imine (C=N–C) groups is 1. The maximum absolute atomic E-state index is 12.7. The number of hydrogen-bond donors (Lipinski definition) is 0. The molecule has 1 atom stereocenters. The quantitative estimate of drug-likeness (QED) is 0.803. The second-order valence-corrected chi connectivity index (χ2v) is 5.77. The zero-order valence-electron chi connectivity index (χ0n) is 13.2. The molecule has 122 valence electrons. The van der Waals surface area contributed by atoms with E-state index in [1.54, 1.807) is 43.3 Å². The van der Waals surface area contributed by atoms with Crippen LogP contribution in [0.2, 0.25) is 5.02 Å². The number of hydrogen-bond acceptors (Lipinski definition) is 4. The molecule has 0 fully saturated rings. The van der Waals surface area contributed by atoms with Crippen LogP contribution in [-0.4, -0.2) is 35.8 Å². The third kappa shape index (κ3) is 2.78. The van der Waals surface area contributed by atoms with Gasteiger partial charge in [-0.05, 0) is 37.3 Å². The first-order valence-electron chi connectivity index (χ1n) is 7.38. The topological polar surface area (TPSA) is 59.0 Å². The number of nitrogens with zero attached hydrogens (tertiary/aromatic N) is 2. The van der Waals surface area contributed by atoms with Crippen molar-refractivity contribution >= 4 is 35.0 Å². The molecule has 1 aliphatic heterocycles. The second kappa shape index (κ2) is 6.45. The van der Waals surface area contributed by atoms with Crippen molar-refractivity contribution < 1.29 is 14.3 Å². The molecule has 0 aromatic heterocycles. The summed E-state index contributed by atoms with van der Waals surface area (Å²) in [6.07, 6.45) is 0. The number of fused-ring (bicyclic) bond motifs is 1. The Balaban J connectivity index is 2.12. The van der Waals surface area contributed by atoms with Gasteiger partial charge in [0.25, 0.3) is 5.91 Å². The summed E-state index contributed by atoms with van der Waals surface area (Å²) in [4.78, 5) is 30.6. The number of halogens is 1. The molecule has 0 bridgehead atoms. The van der Waals surface area contributed by atoms with Gasteiger partial charge in [0, 0.05) is 10.6 Å². The minimum absolute atomic E-state index is 0.267. The summed E-state index contributed by atoms with van der Waals surface area (Å²) in [7, 11) is 1.29. The van der Waals surface area contributed by atoms with Gasteiger partial charge in [0.1, 0.15) is 11.9 Å². The van der Waals surface area contributed by atoms with E-state index >= 15 is 0 Å². The number of amides is 1. The van der Waals surface area contributed by atoms with Crippen molar-refractivity contribution in [3.63, 3.8) is 0 Å². The smallest absolute Gasteiger partial charge is 0.328 e. The number of carbonyl (C=O) groups is 2. The standard InChI is InChI=1S/C18H15ClN2O3/c1-11(18(23)24-2)21-16(20-13-9-7-12(19)8-10-13)14-5-3-4-6-15(14)17(21)22/h3-11H,1-2H3. The summed E-state index contributed by atoms with van der Waals surface area (Å²) in [5.74, 6) is -0.341. The highest BCUT2D eigenvalue weighted by molar-refractivity contribution is 6.30. The van der Waals surface area contributed by atoms with Crippen molar-refractivity contribution in [3.05, 3.63) is 64.7 Å². The molecule has 0 aliphatic carbocycles. The molecule has 0 spiro atoms. The fourth-order valence-electron chi connectivity index (χ4n) is 2.61. The van der Waals surface area contributed by atoms with Crippen LogP contribution in [-0.2, 0) is 9.53 Å². The first-order chi connectivity index (χ1) is 11.5. The lowest BCUT2D eigenvalue weighted by Crippen LogP contribution is -2.43. The number of ether oxygens (including phenoxy) is 1. The van der Waals surface area contributed by atoms with Gasteiger partial charge in [-0.2, -0.15) is 0 Å². The number of carbonyl (C=O) groups excluding carboxylic acids is 2. The normalized spacial score (nSPS) is 16.2. The van der Waals surface area contributed by atoms with Crippen molar-refractivity contribution in [1.29, 1.82) is 0 Å². The molecule has 0 N–H and O–H groups in total. The van der Waals surface area contributed by atoms with E-state index in [0.717, 1.165) is 0 Å². The molecule has 24 heavy (non-hydrogen) atoms. The van der Waals surface area contributed by atoms with Gasteiger partial charge >= 0.3 is 5.97 Å². The summed E-state index contributed by atoms with van der Waals surface area (Å²) < 4.78 is 4.78. The van der Waals surface area contributed by atoms with Gasteiger partial charge < -0.3 is 4.74 Å². The Labute approximate surface area is 144 Å². The first-order valence-corrected chi connectivity index (χ1v) is 7.75. The van der Waals surface area contributed by atoms with E-state index in [0.29, 0.717) is 27.7 Å². The van der Waals surface area contributed by atoms with E-state index in [9.17, 15) is 9.59 Å². The predicted molar refractivity (Wildman–Crippen MR) is 91.7 cm³/mol. The van der Waals surface area contributed by atoms with Gasteiger partial charge in [-0.15, -0.1) is 0 Å². The molecule has 1 unspecified atom stereocenters. The molecule has 2 aromatic rings. The lowest BCUT2D eigenvalue weighted by molar-refractivity contribution is -0.144. The lowest BCUT2D eigenvalue weighted by Gasteiger charge is -2.22. The Morgan fingerprint density at radius 2 is 1.75 bits per heavy atom. The fourth-order valence-corrected chi connectivity index (χ4v) is 2.73. The Kier molecular flexibility index (Phi) is 4.36. The van der Waals surface area contributed by atoms with Gasteiger partial charge in [-0.25, -0.2) is 9.79 Å². The number of esters is 1. The Morgan fingerprint density at radius 3 is 2.38 bits per heavy atom. The highest BCUT2D eigenvalue weighted by atomic mass is 35.5. The molecular weight excluding hydrogens is 328 g/mol. The third-order valence-corrected chi connectivity index (χ3v) is 4.09. The van der Waals surface area contributed by atoms with Crippen LogP contribution in [0, 0.1) is 0 Å². The minimum Gasteiger partial charge on any atom is -0.467 e. The number of benzene rings is 2. The molecule has 0 saturated carbocycles. The molecule has 5 nitrogen and oxygen atoms in total. The zero-order valence-corrected chi connectivity index (χ0v) is 13.9. The molecule has 1 amide bonds. The van der Waals surface area contributed by atoms with Gasteiger partial charge in [0.15, 0.2) is 0 Å². The maximum Gasteiger partial charge on any atom is 0.328 e. The van der Waals surface area contributed by atoms with Crippen LogP contribution in [0.1, 0.15) is 22.8 Å². The Morgan fingerprint density at radius 1 is 1.12 bits per heavy atom. The van der Waals surface area contributed by atoms with Crippen LogP contribution in [0.5, 0.6) is 0 Å². The molecule has 3 rings (SSSR count). The maximum atomic E-state index is 12.7. The Bertz CT molecular complexity index is 830. The number of methoxy groups -OCH3 is 1. The van der Waals surface area contributed by atoms with Crippen molar-refractivity contribution in [2.45, 2.75) is 13.0 Å². The van der Waals surface area contributed by atoms with E-state index in [1.165, 1.54) is 12.0 Å². The van der Waals surface area contributed by atoms with E-state index < -0.39 is 12.0 Å². The summed E-state index contributed by atoms with van der Waals surface area (Å²) in [5.41, 5.74) is 1.84. The van der Waals surface area contributed by atoms with Crippen LogP contribution in [0.3, 0.4) is 0 Å². The molecule has 0 saturated heterocycles. The molecule has 0 radical (unpaired) electrons. The van der Waals surface area contributed by atoms with Gasteiger partial charge in [0.2, 0.25) is 0 Å². The van der Waals surface area contributed by atoms with Crippen LogP contribution in [0.4, 0.5) is 5.69 Å². The highest BCUT2D eigenvalue weighted by Gasteiger charge is 2.39. The molecule has 1 heterocycles. The van der Waals surface area contributed by atoms with Crippen LogP contribution < -0.4 is 0 Å². The van der Waals surface area contributed by atoms with Crippen LogP contribution >= 0.6 is 11.6 Å². The molecule has 2 aromatic carbocycles. The summed E-state index contributed by atoms with van der Waals surface area (Å²) in [6, 6.07) is 13.3. The number of rotatable bonds is 3. The first kappa shape index (κ1) is 16.2. The second-order valence-electron chi connectivity index (χ2n) is 5.33. The monoisotopic (exact) mass is 342 g/mol. The third-order valence-electron chi connectivity index (χ3n) is 3.84. The SMILES string of the molecule is COC(=O)C(C)N1C(=O)c2ccccc2C1=Nc1ccc(Cl)cc1. The highest BCUT2D eigenvalue weighted by Crippen LogP contribution is 2.28. The summed E-state index contributed by atoms with van der Waals surface area (Å²) in [6.45, 7) is 1.62. The molecular formula is C18H15ClN2O3. The average molecular weight is 343 g/mol. The van der Waals surface area contributed by atoms with E-state index in [1.807, 2.05) is 12.1 Å².